The van der Waals surface area contributed by atoms with E-state index < -0.39 is 26.2 Å². The zero-order valence-electron chi connectivity index (χ0n) is 19.9. The molecule has 0 aliphatic rings. The molecule has 0 radical (unpaired) electrons. The van der Waals surface area contributed by atoms with Gasteiger partial charge in [0.2, 0.25) is 0 Å². The fourth-order valence-corrected chi connectivity index (χ4v) is 16.6. The van der Waals surface area contributed by atoms with Gasteiger partial charge in [-0.2, -0.15) is 25.3 Å². The lowest BCUT2D eigenvalue weighted by atomic mass is 10.4. The van der Waals surface area contributed by atoms with Gasteiger partial charge in [-0.1, -0.05) is 60.7 Å². The highest BCUT2D eigenvalue weighted by molar-refractivity contribution is 7.80. The van der Waals surface area contributed by atoms with Crippen molar-refractivity contribution in [3.05, 3.63) is 60.7 Å². The summed E-state index contributed by atoms with van der Waals surface area (Å²) in [6.07, 6.45) is 1.59. The van der Waals surface area contributed by atoms with Crippen LogP contribution >= 0.6 is 25.3 Å². The van der Waals surface area contributed by atoms with Gasteiger partial charge in [-0.05, 0) is 34.7 Å². The molecule has 0 aliphatic carbocycles. The standard InChI is InChI=1S/C22H36O6S2Si3/c1-23-31(24-2,19-11-17-29)27-33(21-13-7-5-8-14-21,22-15-9-6-10-16-22)28-32(25-3,26-4)20-12-18-30/h5-10,13-16,29-30H,11-12,17-20H2,1-4H3. The maximum Gasteiger partial charge on any atom is 0.491 e. The quantitative estimate of drug-likeness (QED) is 0.250. The monoisotopic (exact) mass is 544 g/mol. The Kier molecular flexibility index (Phi) is 12.4. The average Bonchev–Trinajstić information content (AvgIpc) is 2.89. The second kappa shape index (κ2) is 14.2. The number of hydrogen-bond donors (Lipinski definition) is 2. The molecule has 184 valence electrons. The van der Waals surface area contributed by atoms with E-state index in [9.17, 15) is 0 Å². The van der Waals surface area contributed by atoms with Crippen molar-refractivity contribution in [1.82, 2.24) is 0 Å². The molecule has 0 unspecified atom stereocenters. The highest BCUT2D eigenvalue weighted by Gasteiger charge is 2.58. The predicted octanol–water partition coefficient (Wildman–Crippen LogP) is 3.38. The summed E-state index contributed by atoms with van der Waals surface area (Å²) in [4.78, 5) is 0. The molecule has 0 bridgehead atoms. The Morgan fingerprint density at radius 1 is 0.576 bits per heavy atom. The molecule has 0 saturated heterocycles. The smallest absolute Gasteiger partial charge is 0.387 e. The van der Waals surface area contributed by atoms with Crippen LogP contribution in [0.1, 0.15) is 12.8 Å². The summed E-state index contributed by atoms with van der Waals surface area (Å²) in [5.74, 6) is 1.40. The van der Waals surface area contributed by atoms with Crippen molar-refractivity contribution < 1.29 is 25.9 Å². The summed E-state index contributed by atoms with van der Waals surface area (Å²) in [7, 11) is -3.14. The largest absolute Gasteiger partial charge is 0.491 e. The average molecular weight is 545 g/mol. The van der Waals surface area contributed by atoms with E-state index in [2.05, 4.69) is 25.3 Å². The Labute approximate surface area is 212 Å². The van der Waals surface area contributed by atoms with Crippen molar-refractivity contribution in [2.75, 3.05) is 39.9 Å². The third-order valence-electron chi connectivity index (χ3n) is 5.43. The van der Waals surface area contributed by atoms with E-state index in [0.717, 1.165) is 23.2 Å². The van der Waals surface area contributed by atoms with E-state index in [1.807, 2.05) is 60.7 Å². The molecular weight excluding hydrogens is 509 g/mol. The highest BCUT2D eigenvalue weighted by Crippen LogP contribution is 2.28. The van der Waals surface area contributed by atoms with Crippen molar-refractivity contribution in [2.45, 2.75) is 24.9 Å². The van der Waals surface area contributed by atoms with Gasteiger partial charge in [-0.15, -0.1) is 0 Å². The van der Waals surface area contributed by atoms with Crippen LogP contribution in [0.2, 0.25) is 12.1 Å². The zero-order valence-corrected chi connectivity index (χ0v) is 24.6. The van der Waals surface area contributed by atoms with E-state index in [1.165, 1.54) is 0 Å². The van der Waals surface area contributed by atoms with Gasteiger partial charge in [-0.3, -0.25) is 0 Å². The summed E-state index contributed by atoms with van der Waals surface area (Å²) in [6.45, 7) is 0. The molecule has 33 heavy (non-hydrogen) atoms. The van der Waals surface area contributed by atoms with E-state index in [0.29, 0.717) is 23.6 Å². The molecule has 2 aromatic rings. The summed E-state index contributed by atoms with van der Waals surface area (Å²) in [5, 5.41) is 1.87. The Hall–Kier alpha value is -0.449. The lowest BCUT2D eigenvalue weighted by Crippen LogP contribution is -2.73. The minimum absolute atomic E-state index is 0.617. The van der Waals surface area contributed by atoms with Gasteiger partial charge in [0, 0.05) is 40.5 Å². The van der Waals surface area contributed by atoms with Gasteiger partial charge >= 0.3 is 26.2 Å². The highest BCUT2D eigenvalue weighted by atomic mass is 32.1. The maximum atomic E-state index is 7.07. The van der Waals surface area contributed by atoms with Crippen molar-refractivity contribution in [3.63, 3.8) is 0 Å². The van der Waals surface area contributed by atoms with Crippen molar-refractivity contribution in [3.8, 4) is 0 Å². The molecule has 11 heteroatoms. The number of hydrogen-bond acceptors (Lipinski definition) is 8. The van der Waals surface area contributed by atoms with E-state index in [1.54, 1.807) is 28.4 Å². The van der Waals surface area contributed by atoms with Crippen molar-refractivity contribution in [2.24, 2.45) is 0 Å². The topological polar surface area (TPSA) is 55.4 Å². The maximum absolute atomic E-state index is 7.07. The van der Waals surface area contributed by atoms with Crippen LogP contribution < -0.4 is 10.4 Å². The van der Waals surface area contributed by atoms with Crippen LogP contribution in [-0.2, 0) is 25.9 Å². The predicted molar refractivity (Wildman–Crippen MR) is 146 cm³/mol. The Balaban J connectivity index is 2.76. The third kappa shape index (κ3) is 7.27. The van der Waals surface area contributed by atoms with Gasteiger partial charge in [-0.25, -0.2) is 0 Å². The summed E-state index contributed by atoms with van der Waals surface area (Å²) in [5.41, 5.74) is 0. The molecule has 0 saturated carbocycles. The van der Waals surface area contributed by atoms with Gasteiger partial charge < -0.3 is 25.9 Å². The Morgan fingerprint density at radius 3 is 1.18 bits per heavy atom. The van der Waals surface area contributed by atoms with E-state index >= 15 is 0 Å². The molecule has 0 fully saturated rings. The molecule has 2 aromatic carbocycles. The molecule has 0 heterocycles. The van der Waals surface area contributed by atoms with Crippen molar-refractivity contribution >= 4 is 61.8 Å². The van der Waals surface area contributed by atoms with Gasteiger partial charge in [0.15, 0.2) is 0 Å². The Morgan fingerprint density at radius 2 is 0.909 bits per heavy atom. The third-order valence-corrected chi connectivity index (χ3v) is 17.5. The first-order valence-corrected chi connectivity index (χ1v) is 17.9. The first-order chi connectivity index (χ1) is 16.0. The van der Waals surface area contributed by atoms with Crippen molar-refractivity contribution in [1.29, 1.82) is 0 Å². The zero-order chi connectivity index (χ0) is 24.2. The first-order valence-electron chi connectivity index (χ1n) is 10.9. The lowest BCUT2D eigenvalue weighted by molar-refractivity contribution is 0.120. The Bertz CT molecular complexity index is 728. The summed E-state index contributed by atoms with van der Waals surface area (Å²) >= 11 is 8.79. The fraction of sp³-hybridized carbons (Fsp3) is 0.455. The summed E-state index contributed by atoms with van der Waals surface area (Å²) in [6, 6.07) is 21.3. The SMILES string of the molecule is CO[Si](CCCS)(OC)O[Si](O[Si](CCCS)(OC)OC)(c1ccccc1)c1ccccc1. The van der Waals surface area contributed by atoms with Crippen LogP contribution in [0.25, 0.3) is 0 Å². The van der Waals surface area contributed by atoms with E-state index in [4.69, 9.17) is 25.9 Å². The molecule has 0 N–H and O–H groups in total. The minimum Gasteiger partial charge on any atom is -0.387 e. The molecule has 0 amide bonds. The molecule has 2 rings (SSSR count). The number of rotatable bonds is 16. The van der Waals surface area contributed by atoms with Gasteiger partial charge in [0.1, 0.15) is 0 Å². The van der Waals surface area contributed by atoms with E-state index in [-0.39, 0.29) is 0 Å². The molecule has 0 aliphatic heterocycles. The molecule has 0 atom stereocenters. The second-order valence-electron chi connectivity index (χ2n) is 7.39. The molecule has 6 nitrogen and oxygen atoms in total. The number of benzene rings is 2. The number of thiol groups is 2. The van der Waals surface area contributed by atoms with Gasteiger partial charge in [0.05, 0.1) is 0 Å². The van der Waals surface area contributed by atoms with Crippen LogP contribution in [0.5, 0.6) is 0 Å². The second-order valence-corrected chi connectivity index (χ2v) is 17.7. The van der Waals surface area contributed by atoms with Crippen LogP contribution in [0, 0.1) is 0 Å². The van der Waals surface area contributed by atoms with Gasteiger partial charge in [0.25, 0.3) is 0 Å². The molecular formula is C22H36O6S2Si3. The summed E-state index contributed by atoms with van der Waals surface area (Å²) < 4.78 is 38.1. The fourth-order valence-electron chi connectivity index (χ4n) is 3.61. The van der Waals surface area contributed by atoms with Crippen LogP contribution in [0.15, 0.2) is 60.7 Å². The first kappa shape index (κ1) is 28.8. The van der Waals surface area contributed by atoms with Crippen LogP contribution in [0.3, 0.4) is 0 Å². The minimum atomic E-state index is -3.43. The normalized spacial score (nSPS) is 12.8. The van der Waals surface area contributed by atoms with Crippen LogP contribution in [0.4, 0.5) is 0 Å². The lowest BCUT2D eigenvalue weighted by Gasteiger charge is -2.42. The molecule has 0 aromatic heterocycles. The van der Waals surface area contributed by atoms with Crippen LogP contribution in [-0.4, -0.2) is 66.1 Å². The molecule has 0 spiro atoms.